The van der Waals surface area contributed by atoms with Gasteiger partial charge in [0.2, 0.25) is 0 Å². The van der Waals surface area contributed by atoms with Crippen LogP contribution in [0.3, 0.4) is 0 Å². The lowest BCUT2D eigenvalue weighted by Crippen LogP contribution is -2.07. The van der Waals surface area contributed by atoms with Gasteiger partial charge < -0.3 is 10.6 Å². The van der Waals surface area contributed by atoms with E-state index in [0.717, 1.165) is 42.7 Å². The van der Waals surface area contributed by atoms with Crippen molar-refractivity contribution in [3.8, 4) is 0 Å². The molecule has 0 aromatic carbocycles. The molecule has 0 aliphatic heterocycles. The zero-order valence-corrected chi connectivity index (χ0v) is 12.6. The second-order valence-electron chi connectivity index (χ2n) is 4.70. The highest BCUT2D eigenvalue weighted by molar-refractivity contribution is 5.47. The smallest absolute Gasteiger partial charge is 0.132 e. The molecular formula is C14H22N6. The molecule has 2 N–H and O–H groups in total. The van der Waals surface area contributed by atoms with Gasteiger partial charge in [-0.1, -0.05) is 6.92 Å². The van der Waals surface area contributed by atoms with Crippen LogP contribution in [0.1, 0.15) is 30.9 Å². The molecule has 2 aromatic rings. The van der Waals surface area contributed by atoms with E-state index in [1.807, 2.05) is 37.8 Å². The summed E-state index contributed by atoms with van der Waals surface area (Å²) in [5.74, 6) is 2.44. The standard InChI is InChI=1S/C14H22N6/c1-5-12-11(9-20(4)19-12)8-16-14-7-13(15-6-2)17-10(3)18-14/h7,9H,5-6,8H2,1-4H3,(H2,15,16,17,18). The fourth-order valence-corrected chi connectivity index (χ4v) is 2.14. The van der Waals surface area contributed by atoms with Crippen LogP contribution < -0.4 is 10.6 Å². The van der Waals surface area contributed by atoms with Crippen molar-refractivity contribution in [2.45, 2.75) is 33.7 Å². The van der Waals surface area contributed by atoms with E-state index in [1.54, 1.807) is 0 Å². The van der Waals surface area contributed by atoms with Gasteiger partial charge in [-0.2, -0.15) is 5.10 Å². The lowest BCUT2D eigenvalue weighted by Gasteiger charge is -2.09. The van der Waals surface area contributed by atoms with Gasteiger partial charge in [-0.3, -0.25) is 4.68 Å². The summed E-state index contributed by atoms with van der Waals surface area (Å²) in [6, 6.07) is 1.93. The van der Waals surface area contributed by atoms with E-state index in [9.17, 15) is 0 Å². The Bertz CT molecular complexity index is 575. The van der Waals surface area contributed by atoms with Gasteiger partial charge in [-0.05, 0) is 20.3 Å². The second kappa shape index (κ2) is 6.36. The van der Waals surface area contributed by atoms with Crippen molar-refractivity contribution in [1.82, 2.24) is 19.7 Å². The number of nitrogens with zero attached hydrogens (tertiary/aromatic N) is 4. The third-order valence-corrected chi connectivity index (χ3v) is 2.98. The zero-order valence-electron chi connectivity index (χ0n) is 12.6. The quantitative estimate of drug-likeness (QED) is 0.844. The number of nitrogens with one attached hydrogen (secondary N) is 2. The maximum Gasteiger partial charge on any atom is 0.132 e. The van der Waals surface area contributed by atoms with Gasteiger partial charge in [0, 0.05) is 38.0 Å². The van der Waals surface area contributed by atoms with E-state index < -0.39 is 0 Å². The van der Waals surface area contributed by atoms with Crippen LogP contribution in [0.25, 0.3) is 0 Å². The van der Waals surface area contributed by atoms with Crippen LogP contribution in [0.5, 0.6) is 0 Å². The molecule has 20 heavy (non-hydrogen) atoms. The predicted molar refractivity (Wildman–Crippen MR) is 80.8 cm³/mol. The molecular weight excluding hydrogens is 252 g/mol. The number of hydrogen-bond donors (Lipinski definition) is 2. The van der Waals surface area contributed by atoms with Gasteiger partial charge in [-0.15, -0.1) is 0 Å². The van der Waals surface area contributed by atoms with Crippen LogP contribution in [0.4, 0.5) is 11.6 Å². The molecule has 0 amide bonds. The third kappa shape index (κ3) is 3.46. The van der Waals surface area contributed by atoms with Gasteiger partial charge >= 0.3 is 0 Å². The molecule has 0 aliphatic rings. The van der Waals surface area contributed by atoms with Gasteiger partial charge in [0.05, 0.1) is 5.69 Å². The van der Waals surface area contributed by atoms with Crippen molar-refractivity contribution >= 4 is 11.6 Å². The summed E-state index contributed by atoms with van der Waals surface area (Å²) in [6.45, 7) is 7.63. The Hall–Kier alpha value is -2.11. The number of anilines is 2. The minimum Gasteiger partial charge on any atom is -0.370 e. The normalized spacial score (nSPS) is 10.6. The molecule has 6 nitrogen and oxygen atoms in total. The number of aromatic nitrogens is 4. The largest absolute Gasteiger partial charge is 0.370 e. The number of rotatable bonds is 6. The maximum absolute atomic E-state index is 4.44. The first-order chi connectivity index (χ1) is 9.62. The maximum atomic E-state index is 4.44. The van der Waals surface area contributed by atoms with Gasteiger partial charge in [-0.25, -0.2) is 9.97 Å². The zero-order chi connectivity index (χ0) is 14.5. The molecule has 0 radical (unpaired) electrons. The molecule has 0 atom stereocenters. The minimum atomic E-state index is 0.721. The van der Waals surface area contributed by atoms with Gasteiger partial charge in [0.25, 0.3) is 0 Å². The Morgan fingerprint density at radius 1 is 1.15 bits per heavy atom. The summed E-state index contributed by atoms with van der Waals surface area (Å²) in [4.78, 5) is 8.74. The molecule has 0 spiro atoms. The van der Waals surface area contributed by atoms with Crippen LogP contribution in [0.15, 0.2) is 12.3 Å². The lowest BCUT2D eigenvalue weighted by molar-refractivity contribution is 0.746. The second-order valence-corrected chi connectivity index (χ2v) is 4.70. The van der Waals surface area contributed by atoms with E-state index in [0.29, 0.717) is 0 Å². The van der Waals surface area contributed by atoms with E-state index in [-0.39, 0.29) is 0 Å². The molecule has 108 valence electrons. The fourth-order valence-electron chi connectivity index (χ4n) is 2.14. The van der Waals surface area contributed by atoms with Crippen molar-refractivity contribution in [2.24, 2.45) is 7.05 Å². The summed E-state index contributed by atoms with van der Waals surface area (Å²) < 4.78 is 1.85. The molecule has 0 unspecified atom stereocenters. The Kier molecular flexibility index (Phi) is 4.55. The topological polar surface area (TPSA) is 67.7 Å². The highest BCUT2D eigenvalue weighted by atomic mass is 15.3. The number of aryl methyl sites for hydroxylation is 3. The Labute approximate surface area is 119 Å². The number of hydrogen-bond acceptors (Lipinski definition) is 5. The average Bonchev–Trinajstić information content (AvgIpc) is 2.76. The van der Waals surface area contributed by atoms with Crippen LogP contribution in [-0.4, -0.2) is 26.3 Å². The Balaban J connectivity index is 2.10. The van der Waals surface area contributed by atoms with Crippen LogP contribution >= 0.6 is 0 Å². The monoisotopic (exact) mass is 274 g/mol. The van der Waals surface area contributed by atoms with Crippen molar-refractivity contribution in [1.29, 1.82) is 0 Å². The molecule has 0 bridgehead atoms. The molecule has 2 heterocycles. The van der Waals surface area contributed by atoms with Crippen LogP contribution in [0, 0.1) is 6.92 Å². The average molecular weight is 274 g/mol. The van der Waals surface area contributed by atoms with Crippen LogP contribution in [0.2, 0.25) is 0 Å². The third-order valence-electron chi connectivity index (χ3n) is 2.98. The SMILES string of the molecule is CCNc1cc(NCc2cn(C)nc2CC)nc(C)n1. The molecule has 2 rings (SSSR count). The van der Waals surface area contributed by atoms with Crippen molar-refractivity contribution < 1.29 is 0 Å². The van der Waals surface area contributed by atoms with Gasteiger partial charge in [0.1, 0.15) is 17.5 Å². The molecule has 2 aromatic heterocycles. The predicted octanol–water partition coefficient (Wildman–Crippen LogP) is 2.12. The van der Waals surface area contributed by atoms with Crippen molar-refractivity contribution in [2.75, 3.05) is 17.2 Å². The van der Waals surface area contributed by atoms with Crippen molar-refractivity contribution in [3.63, 3.8) is 0 Å². The first kappa shape index (κ1) is 14.3. The molecule has 0 aliphatic carbocycles. The molecule has 0 fully saturated rings. The highest BCUT2D eigenvalue weighted by Gasteiger charge is 2.07. The summed E-state index contributed by atoms with van der Waals surface area (Å²) >= 11 is 0. The van der Waals surface area contributed by atoms with E-state index in [1.165, 1.54) is 5.56 Å². The lowest BCUT2D eigenvalue weighted by atomic mass is 10.2. The minimum absolute atomic E-state index is 0.721. The van der Waals surface area contributed by atoms with Gasteiger partial charge in [0.15, 0.2) is 0 Å². The summed E-state index contributed by atoms with van der Waals surface area (Å²) in [5, 5.41) is 11.0. The molecule has 6 heteroatoms. The van der Waals surface area contributed by atoms with E-state index >= 15 is 0 Å². The van der Waals surface area contributed by atoms with E-state index in [4.69, 9.17) is 0 Å². The highest BCUT2D eigenvalue weighted by Crippen LogP contribution is 2.14. The first-order valence-corrected chi connectivity index (χ1v) is 6.97. The Morgan fingerprint density at radius 2 is 1.85 bits per heavy atom. The van der Waals surface area contributed by atoms with Crippen LogP contribution in [-0.2, 0) is 20.0 Å². The molecule has 0 saturated heterocycles. The summed E-state index contributed by atoms with van der Waals surface area (Å²) in [7, 11) is 1.95. The fraction of sp³-hybridized carbons (Fsp3) is 0.500. The summed E-state index contributed by atoms with van der Waals surface area (Å²) in [5.41, 5.74) is 2.33. The Morgan fingerprint density at radius 3 is 2.50 bits per heavy atom. The van der Waals surface area contributed by atoms with Crippen molar-refractivity contribution in [3.05, 3.63) is 29.3 Å². The molecule has 0 saturated carbocycles. The first-order valence-electron chi connectivity index (χ1n) is 6.97. The van der Waals surface area contributed by atoms with E-state index in [2.05, 4.69) is 32.6 Å². The summed E-state index contributed by atoms with van der Waals surface area (Å²) in [6.07, 6.45) is 2.98.